The summed E-state index contributed by atoms with van der Waals surface area (Å²) < 4.78 is 1.96. The van der Waals surface area contributed by atoms with Gasteiger partial charge in [0.15, 0.2) is 5.65 Å². The van der Waals surface area contributed by atoms with Gasteiger partial charge in [0.05, 0.1) is 17.3 Å². The Bertz CT molecular complexity index is 1090. The van der Waals surface area contributed by atoms with E-state index in [0.29, 0.717) is 22.4 Å². The molecule has 0 spiro atoms. The van der Waals surface area contributed by atoms with E-state index in [1.165, 1.54) is 0 Å². The minimum Gasteiger partial charge on any atom is -0.350 e. The van der Waals surface area contributed by atoms with Crippen molar-refractivity contribution in [1.29, 1.82) is 0 Å². The van der Waals surface area contributed by atoms with E-state index in [2.05, 4.69) is 25.3 Å². The number of imidazole rings is 1. The molecule has 0 saturated heterocycles. The van der Waals surface area contributed by atoms with E-state index in [1.54, 1.807) is 18.7 Å². The van der Waals surface area contributed by atoms with Gasteiger partial charge in [-0.15, -0.1) is 0 Å². The van der Waals surface area contributed by atoms with Crippen LogP contribution in [0, 0.1) is 6.92 Å². The van der Waals surface area contributed by atoms with Crippen molar-refractivity contribution >= 4 is 22.6 Å². The second-order valence-corrected chi connectivity index (χ2v) is 6.38. The smallest absolute Gasteiger partial charge is 0.255 e. The zero-order valence-corrected chi connectivity index (χ0v) is 14.2. The summed E-state index contributed by atoms with van der Waals surface area (Å²) in [6.07, 6.45) is 7.08. The lowest BCUT2D eigenvalue weighted by Crippen LogP contribution is -2.29. The van der Waals surface area contributed by atoms with Gasteiger partial charge in [0.25, 0.3) is 5.91 Å². The predicted molar refractivity (Wildman–Crippen MR) is 95.4 cm³/mol. The third-order valence-electron chi connectivity index (χ3n) is 3.97. The van der Waals surface area contributed by atoms with Crippen molar-refractivity contribution in [3.05, 3.63) is 48.2 Å². The van der Waals surface area contributed by atoms with Gasteiger partial charge < -0.3 is 14.7 Å². The van der Waals surface area contributed by atoms with E-state index in [0.717, 1.165) is 16.8 Å². The molecule has 0 radical (unpaired) electrons. The van der Waals surface area contributed by atoms with Gasteiger partial charge in [0.1, 0.15) is 23.2 Å². The first-order valence-corrected chi connectivity index (χ1v) is 8.11. The Hall–Kier alpha value is -3.22. The largest absolute Gasteiger partial charge is 0.350 e. The van der Waals surface area contributed by atoms with E-state index in [9.17, 15) is 4.79 Å². The molecule has 25 heavy (non-hydrogen) atoms. The van der Waals surface area contributed by atoms with Crippen LogP contribution in [0.2, 0.25) is 0 Å². The van der Waals surface area contributed by atoms with Crippen molar-refractivity contribution in [3.63, 3.8) is 0 Å². The number of aromatic amines is 1. The fourth-order valence-corrected chi connectivity index (χ4v) is 2.83. The maximum Gasteiger partial charge on any atom is 0.255 e. The van der Waals surface area contributed by atoms with Crippen LogP contribution in [0.25, 0.3) is 28.1 Å². The average Bonchev–Trinajstić information content (AvgIpc) is 3.16. The highest BCUT2D eigenvalue weighted by Crippen LogP contribution is 2.24. The van der Waals surface area contributed by atoms with Gasteiger partial charge in [-0.1, -0.05) is 6.07 Å². The highest BCUT2D eigenvalue weighted by atomic mass is 16.1. The van der Waals surface area contributed by atoms with Crippen molar-refractivity contribution in [2.75, 3.05) is 0 Å². The maximum absolute atomic E-state index is 12.4. The summed E-state index contributed by atoms with van der Waals surface area (Å²) in [5.74, 6) is -0.168. The SMILES string of the molecule is Cc1ccc2c(-c3cnc4[nH]cc(C(=O)NC(C)C)c4n3)ncn2c1. The highest BCUT2D eigenvalue weighted by molar-refractivity contribution is 6.04. The summed E-state index contributed by atoms with van der Waals surface area (Å²) in [5.41, 5.74) is 5.08. The zero-order chi connectivity index (χ0) is 17.6. The van der Waals surface area contributed by atoms with Crippen LogP contribution >= 0.6 is 0 Å². The Morgan fingerprint density at radius 2 is 2.12 bits per heavy atom. The van der Waals surface area contributed by atoms with Crippen LogP contribution in [-0.2, 0) is 0 Å². The van der Waals surface area contributed by atoms with E-state index in [4.69, 9.17) is 0 Å². The number of amides is 1. The van der Waals surface area contributed by atoms with Crippen LogP contribution in [-0.4, -0.2) is 36.3 Å². The van der Waals surface area contributed by atoms with Gasteiger partial charge in [0, 0.05) is 18.4 Å². The molecule has 4 aromatic heterocycles. The molecule has 0 aliphatic heterocycles. The Balaban J connectivity index is 1.84. The first kappa shape index (κ1) is 15.3. The van der Waals surface area contributed by atoms with E-state index >= 15 is 0 Å². The molecular weight excluding hydrogens is 316 g/mol. The molecule has 0 atom stereocenters. The number of hydrogen-bond acceptors (Lipinski definition) is 4. The van der Waals surface area contributed by atoms with Crippen molar-refractivity contribution in [3.8, 4) is 11.4 Å². The minimum atomic E-state index is -0.168. The molecule has 4 rings (SSSR count). The molecule has 126 valence electrons. The Kier molecular flexibility index (Phi) is 3.49. The predicted octanol–water partition coefficient (Wildman–Crippen LogP) is 2.72. The van der Waals surface area contributed by atoms with Gasteiger partial charge in [-0.2, -0.15) is 0 Å². The lowest BCUT2D eigenvalue weighted by atomic mass is 10.2. The van der Waals surface area contributed by atoms with Crippen molar-refractivity contribution in [2.45, 2.75) is 26.8 Å². The number of pyridine rings is 1. The zero-order valence-electron chi connectivity index (χ0n) is 14.2. The van der Waals surface area contributed by atoms with E-state index in [1.807, 2.05) is 43.5 Å². The number of H-pyrrole nitrogens is 1. The molecule has 1 amide bonds. The summed E-state index contributed by atoms with van der Waals surface area (Å²) >= 11 is 0. The molecule has 7 heteroatoms. The fraction of sp³-hybridized carbons (Fsp3) is 0.222. The Morgan fingerprint density at radius 1 is 1.28 bits per heavy atom. The van der Waals surface area contributed by atoms with Gasteiger partial charge in [-0.25, -0.2) is 15.0 Å². The molecule has 4 aromatic rings. The monoisotopic (exact) mass is 334 g/mol. The first-order chi connectivity index (χ1) is 12.0. The molecule has 2 N–H and O–H groups in total. The molecule has 7 nitrogen and oxygen atoms in total. The van der Waals surface area contributed by atoms with Crippen LogP contribution in [0.3, 0.4) is 0 Å². The van der Waals surface area contributed by atoms with Crippen LogP contribution in [0.1, 0.15) is 29.8 Å². The normalized spacial score (nSPS) is 11.5. The highest BCUT2D eigenvalue weighted by Gasteiger charge is 2.17. The van der Waals surface area contributed by atoms with Crippen LogP contribution in [0.4, 0.5) is 0 Å². The standard InChI is InChI=1S/C18H18N6O/c1-10(2)22-18(25)12-6-19-17-15(12)23-13(7-20-17)16-14-5-4-11(3)8-24(14)9-21-16/h4-10H,1-3H3,(H,19,20)(H,22,25). The fourth-order valence-electron chi connectivity index (χ4n) is 2.83. The summed E-state index contributed by atoms with van der Waals surface area (Å²) in [4.78, 5) is 28.9. The van der Waals surface area contributed by atoms with Gasteiger partial charge in [-0.05, 0) is 32.4 Å². The number of fused-ring (bicyclic) bond motifs is 2. The average molecular weight is 334 g/mol. The number of nitrogens with one attached hydrogen (secondary N) is 2. The topological polar surface area (TPSA) is 88.0 Å². The molecular formula is C18H18N6O. The van der Waals surface area contributed by atoms with Crippen molar-refractivity contribution in [2.24, 2.45) is 0 Å². The Morgan fingerprint density at radius 3 is 2.92 bits per heavy atom. The summed E-state index contributed by atoms with van der Waals surface area (Å²) in [5, 5.41) is 2.88. The molecule has 0 bridgehead atoms. The maximum atomic E-state index is 12.4. The third kappa shape index (κ3) is 2.63. The summed E-state index contributed by atoms with van der Waals surface area (Å²) in [6.45, 7) is 5.87. The van der Waals surface area contributed by atoms with Crippen LogP contribution in [0.15, 0.2) is 37.1 Å². The van der Waals surface area contributed by atoms with E-state index < -0.39 is 0 Å². The number of nitrogens with zero attached hydrogens (tertiary/aromatic N) is 4. The molecule has 0 aliphatic carbocycles. The molecule has 0 fully saturated rings. The molecule has 4 heterocycles. The van der Waals surface area contributed by atoms with Gasteiger partial charge in [-0.3, -0.25) is 4.79 Å². The van der Waals surface area contributed by atoms with E-state index in [-0.39, 0.29) is 11.9 Å². The van der Waals surface area contributed by atoms with Crippen LogP contribution < -0.4 is 5.32 Å². The molecule has 0 aliphatic rings. The second kappa shape index (κ2) is 5.70. The van der Waals surface area contributed by atoms with Gasteiger partial charge in [0.2, 0.25) is 0 Å². The lowest BCUT2D eigenvalue weighted by Gasteiger charge is -2.07. The van der Waals surface area contributed by atoms with Crippen molar-refractivity contribution in [1.82, 2.24) is 29.7 Å². The number of aryl methyl sites for hydroxylation is 1. The van der Waals surface area contributed by atoms with Crippen LogP contribution in [0.5, 0.6) is 0 Å². The number of hydrogen-bond donors (Lipinski definition) is 2. The number of carbonyl (C=O) groups excluding carboxylic acids is 1. The number of carbonyl (C=O) groups is 1. The summed E-state index contributed by atoms with van der Waals surface area (Å²) in [6, 6.07) is 4.09. The second-order valence-electron chi connectivity index (χ2n) is 6.38. The quantitative estimate of drug-likeness (QED) is 0.603. The number of rotatable bonds is 3. The van der Waals surface area contributed by atoms with Crippen molar-refractivity contribution < 1.29 is 4.79 Å². The third-order valence-corrected chi connectivity index (χ3v) is 3.97. The molecule has 0 unspecified atom stereocenters. The molecule has 0 saturated carbocycles. The van der Waals surface area contributed by atoms with Gasteiger partial charge >= 0.3 is 0 Å². The molecule has 0 aromatic carbocycles. The lowest BCUT2D eigenvalue weighted by molar-refractivity contribution is 0.0944. The Labute approximate surface area is 144 Å². The number of aromatic nitrogens is 5. The summed E-state index contributed by atoms with van der Waals surface area (Å²) in [7, 11) is 0. The minimum absolute atomic E-state index is 0.0499. The first-order valence-electron chi connectivity index (χ1n) is 8.11.